The quantitative estimate of drug-likeness (QED) is 0.134. The lowest BCUT2D eigenvalue weighted by atomic mass is 9.97. The van der Waals surface area contributed by atoms with Gasteiger partial charge in [-0.1, -0.05) is 109 Å². The predicted molar refractivity (Wildman–Crippen MR) is 197 cm³/mol. The summed E-state index contributed by atoms with van der Waals surface area (Å²) in [5.74, 6) is -0.272. The first-order valence-electron chi connectivity index (χ1n) is 18.0. The first-order valence-corrected chi connectivity index (χ1v) is 15.5. The molecule has 222 valence electrons. The number of rotatable bonds is 6. The molecule has 1 heterocycles. The van der Waals surface area contributed by atoms with Crippen LogP contribution in [0.1, 0.15) is 18.0 Å². The van der Waals surface area contributed by atoms with Crippen molar-refractivity contribution in [2.45, 2.75) is 0 Å². The molecule has 8 aromatic carbocycles. The maximum absolute atomic E-state index is 13.9. The van der Waals surface area contributed by atoms with Gasteiger partial charge in [0.25, 0.3) is 0 Å². The number of aromatic nitrogens is 1. The van der Waals surface area contributed by atoms with Crippen molar-refractivity contribution in [2.24, 2.45) is 0 Å². The molecule has 2 nitrogen and oxygen atoms in total. The van der Waals surface area contributed by atoms with Gasteiger partial charge in [0.2, 0.25) is 0 Å². The maximum Gasteiger partial charge on any atom is 0.123 e. The van der Waals surface area contributed by atoms with E-state index in [1.165, 1.54) is 12.1 Å². The highest BCUT2D eigenvalue weighted by Crippen LogP contribution is 2.42. The SMILES string of the molecule is [2H]c1c([2H])c([2H])c(N(c2ccccc2)c2ccc(/C=C/c3ccc4c5c3ccc3cccc(c35)n4-c3ccc(F)cc3)c3ccccc23)c([2H])c1[2H]. The van der Waals surface area contributed by atoms with E-state index in [-0.39, 0.29) is 35.7 Å². The lowest BCUT2D eigenvalue weighted by molar-refractivity contribution is 0.627. The van der Waals surface area contributed by atoms with Crippen LogP contribution in [0.2, 0.25) is 0 Å². The van der Waals surface area contributed by atoms with E-state index in [1.807, 2.05) is 78.9 Å². The van der Waals surface area contributed by atoms with Crippen LogP contribution in [0, 0.1) is 5.82 Å². The number of para-hydroxylation sites is 2. The highest BCUT2D eigenvalue weighted by molar-refractivity contribution is 6.25. The minimum Gasteiger partial charge on any atom is -0.310 e. The monoisotopic (exact) mass is 609 g/mol. The zero-order valence-corrected chi connectivity index (χ0v) is 25.1. The summed E-state index contributed by atoms with van der Waals surface area (Å²) in [4.78, 5) is 1.76. The van der Waals surface area contributed by atoms with Crippen molar-refractivity contribution in [2.75, 3.05) is 4.90 Å². The topological polar surface area (TPSA) is 8.17 Å². The molecule has 1 aromatic heterocycles. The van der Waals surface area contributed by atoms with Crippen molar-refractivity contribution < 1.29 is 11.2 Å². The van der Waals surface area contributed by atoms with E-state index in [0.717, 1.165) is 60.2 Å². The van der Waals surface area contributed by atoms with E-state index in [0.29, 0.717) is 11.4 Å². The van der Waals surface area contributed by atoms with Gasteiger partial charge >= 0.3 is 0 Å². The minimum absolute atomic E-state index is 0.0870. The van der Waals surface area contributed by atoms with Gasteiger partial charge in [0.15, 0.2) is 0 Å². The molecule has 0 amide bonds. The summed E-state index contributed by atoms with van der Waals surface area (Å²) in [7, 11) is 0. The van der Waals surface area contributed by atoms with Gasteiger partial charge < -0.3 is 9.47 Å². The summed E-state index contributed by atoms with van der Waals surface area (Å²) in [6, 6.07) is 41.0. The van der Waals surface area contributed by atoms with Crippen molar-refractivity contribution in [1.29, 1.82) is 0 Å². The molecule has 0 fully saturated rings. The fourth-order valence-corrected chi connectivity index (χ4v) is 6.87. The van der Waals surface area contributed by atoms with Crippen LogP contribution in [-0.2, 0) is 0 Å². The molecule has 3 heteroatoms. The van der Waals surface area contributed by atoms with Gasteiger partial charge in [-0.05, 0) is 94.0 Å². The van der Waals surface area contributed by atoms with Gasteiger partial charge in [0.05, 0.1) is 23.6 Å². The molecule has 0 bridgehead atoms. The molecule has 0 spiro atoms. The third-order valence-corrected chi connectivity index (χ3v) is 8.92. The number of hydrogen-bond donors (Lipinski definition) is 0. The van der Waals surface area contributed by atoms with Gasteiger partial charge in [0, 0.05) is 33.2 Å². The Bertz CT molecular complexity index is 2830. The summed E-state index contributed by atoms with van der Waals surface area (Å²) >= 11 is 0. The minimum atomic E-state index is -0.430. The molecule has 47 heavy (non-hydrogen) atoms. The number of benzene rings is 8. The second-order valence-electron chi connectivity index (χ2n) is 11.5. The fraction of sp³-hybridized carbons (Fsp3) is 0. The molecule has 0 aliphatic rings. The normalized spacial score (nSPS) is 13.3. The fourth-order valence-electron chi connectivity index (χ4n) is 6.87. The highest BCUT2D eigenvalue weighted by atomic mass is 19.1. The molecule has 0 saturated carbocycles. The molecule has 9 aromatic rings. The Kier molecular flexibility index (Phi) is 5.23. The zero-order valence-electron chi connectivity index (χ0n) is 30.1. The molecular weight excluding hydrogens is 575 g/mol. The molecule has 0 saturated heterocycles. The molecule has 9 rings (SSSR count). The summed E-state index contributed by atoms with van der Waals surface area (Å²) < 4.78 is 58.8. The smallest absolute Gasteiger partial charge is 0.123 e. The number of halogens is 1. The second-order valence-corrected chi connectivity index (χ2v) is 11.5. The first-order chi connectivity index (χ1) is 25.3. The maximum atomic E-state index is 13.9. The van der Waals surface area contributed by atoms with Crippen LogP contribution in [0.4, 0.5) is 21.5 Å². The van der Waals surface area contributed by atoms with Crippen LogP contribution >= 0.6 is 0 Å². The van der Waals surface area contributed by atoms with Crippen LogP contribution in [0.25, 0.3) is 61.2 Å². The van der Waals surface area contributed by atoms with Gasteiger partial charge in [-0.15, -0.1) is 0 Å². The second kappa shape index (κ2) is 11.0. The predicted octanol–water partition coefficient (Wildman–Crippen LogP) is 12.3. The molecule has 0 aliphatic carbocycles. The highest BCUT2D eigenvalue weighted by Gasteiger charge is 2.18. The average molecular weight is 610 g/mol. The molecular formula is C44H29FN2. The number of fused-ring (bicyclic) bond motifs is 1. The largest absolute Gasteiger partial charge is 0.310 e. The lowest BCUT2D eigenvalue weighted by Crippen LogP contribution is -2.10. The third-order valence-electron chi connectivity index (χ3n) is 8.92. The lowest BCUT2D eigenvalue weighted by Gasteiger charge is -2.27. The van der Waals surface area contributed by atoms with Crippen molar-refractivity contribution >= 4 is 72.6 Å². The Morgan fingerprint density at radius 1 is 0.532 bits per heavy atom. The van der Waals surface area contributed by atoms with Crippen molar-refractivity contribution in [3.8, 4) is 5.69 Å². The molecule has 0 atom stereocenters. The van der Waals surface area contributed by atoms with E-state index in [4.69, 9.17) is 6.85 Å². The standard InChI is InChI=1S/C44H29FN2/c45-33-23-25-36(26-24-33)47-41-17-9-10-32-20-27-38-31(22-29-42(47)44(38)43(32)41)19-18-30-21-28-40(39-16-8-7-15-37(30)39)46(34-11-3-1-4-12-34)35-13-5-2-6-14-35/h1-29H/b19-18+/i1D,3D,4D,11D,12D. The van der Waals surface area contributed by atoms with E-state index in [1.54, 1.807) is 4.90 Å². The van der Waals surface area contributed by atoms with E-state index < -0.39 is 6.04 Å². The summed E-state index contributed by atoms with van der Waals surface area (Å²) in [5.41, 5.74) is 6.48. The van der Waals surface area contributed by atoms with Crippen LogP contribution in [0.5, 0.6) is 0 Å². The van der Waals surface area contributed by atoms with E-state index in [9.17, 15) is 4.39 Å². The van der Waals surface area contributed by atoms with Crippen molar-refractivity contribution in [1.82, 2.24) is 4.57 Å². The Morgan fingerprint density at radius 3 is 2.04 bits per heavy atom. The van der Waals surface area contributed by atoms with Crippen LogP contribution in [0.15, 0.2) is 164 Å². The summed E-state index contributed by atoms with van der Waals surface area (Å²) in [6.45, 7) is 0. The van der Waals surface area contributed by atoms with Gasteiger partial charge in [0.1, 0.15) is 5.82 Å². The summed E-state index contributed by atoms with van der Waals surface area (Å²) in [6.07, 6.45) is 4.23. The summed E-state index contributed by atoms with van der Waals surface area (Å²) in [5, 5.41) is 6.38. The third kappa shape index (κ3) is 4.47. The molecule has 0 unspecified atom stereocenters. The number of nitrogens with zero attached hydrogens (tertiary/aromatic N) is 2. The van der Waals surface area contributed by atoms with E-state index in [2.05, 4.69) is 59.2 Å². The van der Waals surface area contributed by atoms with Crippen molar-refractivity contribution in [3.05, 3.63) is 181 Å². The molecule has 0 N–H and O–H groups in total. The van der Waals surface area contributed by atoms with Gasteiger partial charge in [-0.3, -0.25) is 0 Å². The molecule has 0 aliphatic heterocycles. The van der Waals surface area contributed by atoms with Gasteiger partial charge in [-0.25, -0.2) is 4.39 Å². The van der Waals surface area contributed by atoms with Crippen LogP contribution in [-0.4, -0.2) is 4.57 Å². The van der Waals surface area contributed by atoms with Gasteiger partial charge in [-0.2, -0.15) is 0 Å². The number of hydrogen-bond acceptors (Lipinski definition) is 1. The molecule has 0 radical (unpaired) electrons. The van der Waals surface area contributed by atoms with Crippen LogP contribution < -0.4 is 4.90 Å². The van der Waals surface area contributed by atoms with E-state index >= 15 is 0 Å². The Balaban J connectivity index is 1.21. The van der Waals surface area contributed by atoms with Crippen molar-refractivity contribution in [3.63, 3.8) is 0 Å². The Hall–Kier alpha value is -6.19. The first kappa shape index (κ1) is 22.3. The number of anilines is 3. The zero-order chi connectivity index (χ0) is 35.7. The van der Waals surface area contributed by atoms with Crippen LogP contribution in [0.3, 0.4) is 0 Å². The Morgan fingerprint density at radius 2 is 1.23 bits per heavy atom. The Labute approximate surface area is 279 Å². The average Bonchev–Trinajstić information content (AvgIpc) is 3.52.